The number of methoxy groups -OCH3 is 1. The number of rotatable bonds is 5. The van der Waals surface area contributed by atoms with Crippen LogP contribution >= 0.6 is 11.8 Å². The maximum absolute atomic E-state index is 12.7. The lowest BCUT2D eigenvalue weighted by Gasteiger charge is -2.35. The summed E-state index contributed by atoms with van der Waals surface area (Å²) in [6.45, 7) is 0.927. The first kappa shape index (κ1) is 20.2. The third kappa shape index (κ3) is 4.17. The normalized spacial score (nSPS) is 20.8. The molecule has 1 saturated carbocycles. The van der Waals surface area contributed by atoms with E-state index in [9.17, 15) is 18.0 Å². The number of sulfonamides is 1. The van der Waals surface area contributed by atoms with Gasteiger partial charge in [0.05, 0.1) is 7.11 Å². The van der Waals surface area contributed by atoms with Gasteiger partial charge in [0, 0.05) is 30.8 Å². The summed E-state index contributed by atoms with van der Waals surface area (Å²) in [5.41, 5.74) is -0.924. The highest BCUT2D eigenvalue weighted by Gasteiger charge is 2.42. The molecular weight excluding hydrogens is 390 g/mol. The van der Waals surface area contributed by atoms with Crippen LogP contribution in [0.5, 0.6) is 0 Å². The van der Waals surface area contributed by atoms with E-state index in [-0.39, 0.29) is 10.6 Å². The maximum Gasteiger partial charge on any atom is 0.331 e. The highest BCUT2D eigenvalue weighted by molar-refractivity contribution is 7.99. The van der Waals surface area contributed by atoms with E-state index in [0.717, 1.165) is 30.8 Å². The molecule has 2 aliphatic rings. The molecule has 0 radical (unpaired) electrons. The van der Waals surface area contributed by atoms with Gasteiger partial charge in [-0.1, -0.05) is 19.3 Å². The number of H-pyrrole nitrogens is 1. The van der Waals surface area contributed by atoms with Crippen LogP contribution in [0.25, 0.3) is 0 Å². The summed E-state index contributed by atoms with van der Waals surface area (Å²) >= 11 is 1.72. The van der Waals surface area contributed by atoms with Crippen LogP contribution < -0.4 is 5.32 Å². The molecule has 150 valence electrons. The Morgan fingerprint density at radius 2 is 1.89 bits per heavy atom. The molecule has 2 heterocycles. The highest BCUT2D eigenvalue weighted by atomic mass is 32.2. The van der Waals surface area contributed by atoms with E-state index in [4.69, 9.17) is 4.74 Å². The van der Waals surface area contributed by atoms with Crippen LogP contribution in [0.3, 0.4) is 0 Å². The van der Waals surface area contributed by atoms with E-state index in [1.807, 2.05) is 0 Å². The van der Waals surface area contributed by atoms with Gasteiger partial charge >= 0.3 is 5.97 Å². The van der Waals surface area contributed by atoms with Gasteiger partial charge in [-0.25, -0.2) is 13.2 Å². The molecule has 8 nitrogen and oxygen atoms in total. The molecule has 1 aromatic heterocycles. The van der Waals surface area contributed by atoms with Crippen LogP contribution in [0.4, 0.5) is 0 Å². The molecule has 1 aliphatic carbocycles. The summed E-state index contributed by atoms with van der Waals surface area (Å²) in [4.78, 5) is 27.8. The summed E-state index contributed by atoms with van der Waals surface area (Å²) in [6.07, 6.45) is 5.02. The van der Waals surface area contributed by atoms with Gasteiger partial charge in [0.2, 0.25) is 10.0 Å². The van der Waals surface area contributed by atoms with Crippen LogP contribution in [-0.4, -0.2) is 66.8 Å². The van der Waals surface area contributed by atoms with Crippen molar-refractivity contribution in [2.45, 2.75) is 42.5 Å². The topological polar surface area (TPSA) is 109 Å². The first-order valence-electron chi connectivity index (χ1n) is 9.06. The fourth-order valence-corrected chi connectivity index (χ4v) is 6.18. The largest absolute Gasteiger partial charge is 0.467 e. The Labute approximate surface area is 163 Å². The first-order chi connectivity index (χ1) is 12.9. The monoisotopic (exact) mass is 415 g/mol. The van der Waals surface area contributed by atoms with E-state index in [0.29, 0.717) is 25.9 Å². The fraction of sp³-hybridized carbons (Fsp3) is 0.647. The highest BCUT2D eigenvalue weighted by Crippen LogP contribution is 2.30. The second-order valence-electron chi connectivity index (χ2n) is 6.85. The summed E-state index contributed by atoms with van der Waals surface area (Å²) in [6, 6.07) is 1.33. The molecule has 0 bridgehead atoms. The lowest BCUT2D eigenvalue weighted by Crippen LogP contribution is -2.56. The van der Waals surface area contributed by atoms with Gasteiger partial charge in [0.15, 0.2) is 0 Å². The molecule has 27 heavy (non-hydrogen) atoms. The number of esters is 1. The fourth-order valence-electron chi connectivity index (χ4n) is 3.61. The Bertz CT molecular complexity index is 793. The number of thioether (sulfide) groups is 1. The number of aromatic nitrogens is 1. The van der Waals surface area contributed by atoms with E-state index >= 15 is 0 Å². The zero-order valence-electron chi connectivity index (χ0n) is 15.3. The number of aromatic amines is 1. The van der Waals surface area contributed by atoms with Crippen LogP contribution in [0.15, 0.2) is 17.2 Å². The number of ether oxygens (including phenoxy) is 1. The summed E-state index contributed by atoms with van der Waals surface area (Å²) in [7, 11) is -2.32. The Morgan fingerprint density at radius 1 is 1.22 bits per heavy atom. The molecule has 1 amide bonds. The van der Waals surface area contributed by atoms with E-state index < -0.39 is 27.4 Å². The van der Waals surface area contributed by atoms with Crippen LogP contribution in [-0.2, 0) is 19.6 Å². The molecule has 1 aromatic rings. The van der Waals surface area contributed by atoms with Gasteiger partial charge in [0.1, 0.15) is 16.1 Å². The van der Waals surface area contributed by atoms with Crippen molar-refractivity contribution in [3.63, 3.8) is 0 Å². The predicted molar refractivity (Wildman–Crippen MR) is 102 cm³/mol. The van der Waals surface area contributed by atoms with E-state index in [1.165, 1.54) is 23.7 Å². The number of nitrogens with one attached hydrogen (secondary N) is 2. The number of hydrogen-bond acceptors (Lipinski definition) is 6. The van der Waals surface area contributed by atoms with Gasteiger partial charge < -0.3 is 15.0 Å². The van der Waals surface area contributed by atoms with E-state index in [2.05, 4.69) is 10.3 Å². The van der Waals surface area contributed by atoms with Gasteiger partial charge in [-0.05, 0) is 18.9 Å². The molecule has 2 N–H and O–H groups in total. The van der Waals surface area contributed by atoms with Crippen molar-refractivity contribution in [3.05, 3.63) is 18.0 Å². The van der Waals surface area contributed by atoms with Gasteiger partial charge in [-0.15, -0.1) is 0 Å². The molecule has 3 rings (SSSR count). The third-order valence-corrected chi connectivity index (χ3v) is 7.96. The number of nitrogens with zero attached hydrogens (tertiary/aromatic N) is 1. The smallest absolute Gasteiger partial charge is 0.331 e. The molecule has 2 fully saturated rings. The molecule has 0 aromatic carbocycles. The standard InChI is InChI=1S/C17H25N3O5S2/c1-25-16(22)17(5-3-2-4-6-17)19-15(21)14-11-13(12-18-14)27(23,24)20-7-9-26-10-8-20/h11-12,18H,2-10H2,1H3,(H,19,21). The van der Waals surface area contributed by atoms with Gasteiger partial charge in [-0.2, -0.15) is 16.1 Å². The van der Waals surface area contributed by atoms with Gasteiger partial charge in [0.25, 0.3) is 5.91 Å². The minimum absolute atomic E-state index is 0.0651. The maximum atomic E-state index is 12.7. The number of amides is 1. The Balaban J connectivity index is 1.77. The molecule has 0 atom stereocenters. The van der Waals surface area contributed by atoms with Crippen LogP contribution in [0, 0.1) is 0 Å². The third-order valence-electron chi connectivity index (χ3n) is 5.15. The number of hydrogen-bond donors (Lipinski definition) is 2. The predicted octanol–water partition coefficient (Wildman–Crippen LogP) is 1.36. The van der Waals surface area contributed by atoms with Crippen molar-refractivity contribution >= 4 is 33.7 Å². The quantitative estimate of drug-likeness (QED) is 0.703. The van der Waals surface area contributed by atoms with Crippen molar-refractivity contribution in [1.82, 2.24) is 14.6 Å². The molecule has 1 aliphatic heterocycles. The number of carbonyl (C=O) groups is 2. The molecule has 0 spiro atoms. The molecule has 10 heteroatoms. The SMILES string of the molecule is COC(=O)C1(NC(=O)c2cc(S(=O)(=O)N3CCSCC3)c[nH]2)CCCCC1. The zero-order chi connectivity index (χ0) is 19.5. The summed E-state index contributed by atoms with van der Waals surface area (Å²) in [5, 5.41) is 2.79. The minimum Gasteiger partial charge on any atom is -0.467 e. The first-order valence-corrected chi connectivity index (χ1v) is 11.7. The lowest BCUT2D eigenvalue weighted by molar-refractivity contribution is -0.149. The van der Waals surface area contributed by atoms with Crippen molar-refractivity contribution in [1.29, 1.82) is 0 Å². The second kappa shape index (κ2) is 8.24. The van der Waals surface area contributed by atoms with Crippen molar-refractivity contribution in [3.8, 4) is 0 Å². The lowest BCUT2D eigenvalue weighted by atomic mass is 9.81. The molecule has 1 saturated heterocycles. The van der Waals surface area contributed by atoms with Gasteiger partial charge in [-0.3, -0.25) is 4.79 Å². The Hall–Kier alpha value is -1.52. The zero-order valence-corrected chi connectivity index (χ0v) is 17.0. The summed E-state index contributed by atoms with van der Waals surface area (Å²) in [5.74, 6) is 0.566. The van der Waals surface area contributed by atoms with Crippen LogP contribution in [0.1, 0.15) is 42.6 Å². The number of carbonyl (C=O) groups excluding carboxylic acids is 2. The average Bonchev–Trinajstić information content (AvgIpc) is 3.20. The van der Waals surface area contributed by atoms with Crippen molar-refractivity contribution in [2.24, 2.45) is 0 Å². The molecular formula is C17H25N3O5S2. The van der Waals surface area contributed by atoms with Crippen LogP contribution in [0.2, 0.25) is 0 Å². The average molecular weight is 416 g/mol. The van der Waals surface area contributed by atoms with Crippen molar-refractivity contribution < 1.29 is 22.7 Å². The van der Waals surface area contributed by atoms with E-state index in [1.54, 1.807) is 11.8 Å². The second-order valence-corrected chi connectivity index (χ2v) is 10.0. The Kier molecular flexibility index (Phi) is 6.17. The minimum atomic E-state index is -3.63. The summed E-state index contributed by atoms with van der Waals surface area (Å²) < 4.78 is 31.8. The molecule has 0 unspecified atom stereocenters. The Morgan fingerprint density at radius 3 is 2.52 bits per heavy atom. The van der Waals surface area contributed by atoms with Crippen molar-refractivity contribution in [2.75, 3.05) is 31.7 Å².